The van der Waals surface area contributed by atoms with Gasteiger partial charge >= 0.3 is 11.9 Å². The molecule has 0 radical (unpaired) electrons. The van der Waals surface area contributed by atoms with Crippen molar-refractivity contribution in [1.82, 2.24) is 0 Å². The van der Waals surface area contributed by atoms with Crippen molar-refractivity contribution < 1.29 is 69.4 Å². The molecule has 14 nitrogen and oxygen atoms in total. The number of carbonyl (C=O) groups is 2. The number of rotatable bonds is 6. The summed E-state index contributed by atoms with van der Waals surface area (Å²) >= 11 is 0. The fraction of sp³-hybridized carbons (Fsp3) is 0.905. The molecule has 7 rings (SSSR count). The van der Waals surface area contributed by atoms with Crippen LogP contribution in [0.4, 0.5) is 0 Å². The molecular formula is C42H66O14. The highest BCUT2D eigenvalue weighted by molar-refractivity contribution is 5.79. The van der Waals surface area contributed by atoms with Gasteiger partial charge in [0.05, 0.1) is 18.1 Å². The first kappa shape index (κ1) is 42.4. The smallest absolute Gasteiger partial charge is 0.335 e. The molecule has 7 aliphatic rings. The summed E-state index contributed by atoms with van der Waals surface area (Å²) in [7, 11) is 0. The zero-order chi connectivity index (χ0) is 41.1. The van der Waals surface area contributed by atoms with E-state index in [1.807, 2.05) is 0 Å². The Labute approximate surface area is 329 Å². The molecule has 0 aromatic carbocycles. The highest BCUT2D eigenvalue weighted by Crippen LogP contribution is 2.76. The number of esters is 1. The summed E-state index contributed by atoms with van der Waals surface area (Å²) in [5.74, 6) is -1.52. The van der Waals surface area contributed by atoms with E-state index >= 15 is 0 Å². The normalized spacial score (nSPS) is 52.3. The van der Waals surface area contributed by atoms with Crippen molar-refractivity contribution >= 4 is 11.9 Å². The number of carboxylic acid groups (broad SMARTS) is 1. The van der Waals surface area contributed by atoms with Crippen molar-refractivity contribution in [2.75, 3.05) is 6.61 Å². The molecule has 2 aliphatic heterocycles. The Balaban J connectivity index is 1.16. The molecule has 0 spiro atoms. The number of aliphatic carboxylic acids is 1. The van der Waals surface area contributed by atoms with E-state index in [2.05, 4.69) is 54.5 Å². The standard InChI is InChI=1S/C42H66O14/c1-37(2)14-16-42(36(52)56-34-30(48)27(45)26(44)22(19-43)53-34)17-15-40(6)20(21(42)18-37)8-9-24-39(5)12-11-25(38(3,4)23(39)10-13-41(24,40)7)54-35-31(49)28(46)29(47)32(55-35)33(50)51/h8,21-32,34-35,43-49H,9-19H2,1-7H3,(H,50,51)/t21-,22-,23?,24?,25?,26-,27+,28+,29+,30-,31-,32+,34?,35-,39+,40-,41-,42+/m1/s1. The van der Waals surface area contributed by atoms with Gasteiger partial charge in [0, 0.05) is 0 Å². The predicted molar refractivity (Wildman–Crippen MR) is 198 cm³/mol. The van der Waals surface area contributed by atoms with Gasteiger partial charge < -0.3 is 59.8 Å². The third kappa shape index (κ3) is 6.17. The van der Waals surface area contributed by atoms with Gasteiger partial charge in [-0.3, -0.25) is 4.79 Å². The summed E-state index contributed by atoms with van der Waals surface area (Å²) in [5, 5.41) is 82.4. The molecule has 56 heavy (non-hydrogen) atoms. The zero-order valence-electron chi connectivity index (χ0n) is 34.0. The van der Waals surface area contributed by atoms with Crippen LogP contribution in [0.15, 0.2) is 11.6 Å². The minimum atomic E-state index is -1.79. The quantitative estimate of drug-likeness (QED) is 0.110. The van der Waals surface area contributed by atoms with E-state index in [9.17, 15) is 50.4 Å². The summed E-state index contributed by atoms with van der Waals surface area (Å²) in [6.45, 7) is 15.5. The Morgan fingerprint density at radius 3 is 2.05 bits per heavy atom. The molecule has 0 aromatic rings. The highest BCUT2D eigenvalue weighted by Gasteiger charge is 2.70. The molecule has 8 N–H and O–H groups in total. The summed E-state index contributed by atoms with van der Waals surface area (Å²) in [6, 6.07) is 0. The Morgan fingerprint density at radius 2 is 1.39 bits per heavy atom. The summed E-state index contributed by atoms with van der Waals surface area (Å²) in [4.78, 5) is 26.4. The first-order valence-corrected chi connectivity index (χ1v) is 20.8. The van der Waals surface area contributed by atoms with E-state index in [0.717, 1.165) is 44.9 Å². The third-order valence-corrected chi connectivity index (χ3v) is 17.2. The molecule has 6 fully saturated rings. The fourth-order valence-corrected chi connectivity index (χ4v) is 13.5. The van der Waals surface area contributed by atoms with E-state index in [1.165, 1.54) is 5.57 Å². The van der Waals surface area contributed by atoms with Gasteiger partial charge in [-0.05, 0) is 109 Å². The topological polar surface area (TPSA) is 233 Å². The number of fused-ring (bicyclic) bond motifs is 7. The molecule has 2 heterocycles. The Morgan fingerprint density at radius 1 is 0.750 bits per heavy atom. The average molecular weight is 795 g/mol. The first-order valence-electron chi connectivity index (χ1n) is 20.8. The second-order valence-corrected chi connectivity index (χ2v) is 20.7. The molecule has 0 aromatic heterocycles. The third-order valence-electron chi connectivity index (χ3n) is 17.2. The summed E-state index contributed by atoms with van der Waals surface area (Å²) in [5.41, 5.74) is -0.448. The number of aliphatic hydroxyl groups is 7. The van der Waals surface area contributed by atoms with Gasteiger partial charge in [-0.15, -0.1) is 0 Å². The van der Waals surface area contributed by atoms with Crippen molar-refractivity contribution in [3.05, 3.63) is 11.6 Å². The van der Waals surface area contributed by atoms with Gasteiger partial charge in [-0.2, -0.15) is 0 Å². The van der Waals surface area contributed by atoms with Crippen molar-refractivity contribution in [2.45, 2.75) is 180 Å². The number of allylic oxidation sites excluding steroid dienone is 2. The molecule has 2 saturated heterocycles. The maximum atomic E-state index is 14.6. The number of hydrogen-bond acceptors (Lipinski definition) is 13. The molecule has 18 atom stereocenters. The van der Waals surface area contributed by atoms with Crippen LogP contribution < -0.4 is 0 Å². The van der Waals surface area contributed by atoms with E-state index in [4.69, 9.17) is 18.9 Å². The van der Waals surface area contributed by atoms with Crippen molar-refractivity contribution in [3.8, 4) is 0 Å². The van der Waals surface area contributed by atoms with Gasteiger partial charge in [0.15, 0.2) is 12.4 Å². The number of hydrogen-bond donors (Lipinski definition) is 8. The first-order chi connectivity index (χ1) is 26.0. The highest BCUT2D eigenvalue weighted by atomic mass is 16.7. The molecular weight excluding hydrogens is 728 g/mol. The largest absolute Gasteiger partial charge is 0.479 e. The minimum absolute atomic E-state index is 0.0330. The molecule has 4 saturated carbocycles. The SMILES string of the molecule is CC1(C)CC[C@]2(C(=O)OC3O[C@H](CO)[C@@H](O)[C@H](O)[C@H]3O)CC[C@]3(C)C(=CCC4[C@@]5(C)CCC(O[C@@H]6O[C@H](C(=O)O)[C@@H](O)[C@H](O)[C@H]6O)C(C)(C)C5CC[C@]43C)[C@H]2C1. The van der Waals surface area contributed by atoms with Crippen molar-refractivity contribution in [3.63, 3.8) is 0 Å². The number of aliphatic hydroxyl groups excluding tert-OH is 7. The zero-order valence-corrected chi connectivity index (χ0v) is 34.0. The molecule has 318 valence electrons. The Kier molecular flexibility index (Phi) is 10.8. The van der Waals surface area contributed by atoms with Gasteiger partial charge in [0.25, 0.3) is 0 Å². The van der Waals surface area contributed by atoms with Crippen LogP contribution in [-0.4, -0.2) is 127 Å². The summed E-state index contributed by atoms with van der Waals surface area (Å²) < 4.78 is 23.5. The molecule has 0 bridgehead atoms. The molecule has 4 unspecified atom stereocenters. The van der Waals surface area contributed by atoms with Gasteiger partial charge in [-0.25, -0.2) is 4.79 Å². The van der Waals surface area contributed by atoms with Gasteiger partial charge in [-0.1, -0.05) is 60.1 Å². The fourth-order valence-electron chi connectivity index (χ4n) is 13.5. The van der Waals surface area contributed by atoms with Gasteiger partial charge in [0.1, 0.15) is 42.7 Å². The van der Waals surface area contributed by atoms with Crippen LogP contribution in [0.5, 0.6) is 0 Å². The average Bonchev–Trinajstić information content (AvgIpc) is 3.12. The monoisotopic (exact) mass is 794 g/mol. The number of ether oxygens (including phenoxy) is 4. The second kappa shape index (κ2) is 14.2. The lowest BCUT2D eigenvalue weighted by Crippen LogP contribution is -2.66. The number of carboxylic acids is 1. The lowest BCUT2D eigenvalue weighted by molar-refractivity contribution is -0.324. The predicted octanol–water partition coefficient (Wildman–Crippen LogP) is 2.41. The second-order valence-electron chi connectivity index (χ2n) is 20.7. The van der Waals surface area contributed by atoms with E-state index < -0.39 is 96.9 Å². The van der Waals surface area contributed by atoms with Crippen molar-refractivity contribution in [1.29, 1.82) is 0 Å². The van der Waals surface area contributed by atoms with E-state index in [0.29, 0.717) is 25.2 Å². The minimum Gasteiger partial charge on any atom is -0.479 e. The molecule has 5 aliphatic carbocycles. The van der Waals surface area contributed by atoms with Crippen LogP contribution in [-0.2, 0) is 28.5 Å². The Hall–Kier alpha value is -1.72. The Bertz CT molecular complexity index is 1560. The molecule has 14 heteroatoms. The maximum Gasteiger partial charge on any atom is 0.335 e. The van der Waals surface area contributed by atoms with Crippen LogP contribution >= 0.6 is 0 Å². The van der Waals surface area contributed by atoms with Crippen LogP contribution in [0.3, 0.4) is 0 Å². The van der Waals surface area contributed by atoms with Crippen LogP contribution in [0.1, 0.15) is 113 Å². The van der Waals surface area contributed by atoms with Crippen LogP contribution in [0.2, 0.25) is 0 Å². The number of carbonyl (C=O) groups excluding carboxylic acids is 1. The van der Waals surface area contributed by atoms with Crippen molar-refractivity contribution in [2.24, 2.45) is 50.2 Å². The van der Waals surface area contributed by atoms with E-state index in [-0.39, 0.29) is 33.5 Å². The lowest BCUT2D eigenvalue weighted by Gasteiger charge is -2.71. The van der Waals surface area contributed by atoms with Gasteiger partial charge in [0.2, 0.25) is 6.29 Å². The van der Waals surface area contributed by atoms with E-state index in [1.54, 1.807) is 0 Å². The van der Waals surface area contributed by atoms with Crippen LogP contribution in [0.25, 0.3) is 0 Å². The lowest BCUT2D eigenvalue weighted by atomic mass is 9.33. The van der Waals surface area contributed by atoms with Crippen LogP contribution in [0, 0.1) is 50.2 Å². The summed E-state index contributed by atoms with van der Waals surface area (Å²) in [6.07, 6.45) is -6.14. The maximum absolute atomic E-state index is 14.6. The molecule has 0 amide bonds.